The zero-order valence-corrected chi connectivity index (χ0v) is 12.1. The number of carbonyl (C=O) groups excluding carboxylic acids is 1. The minimum Gasteiger partial charge on any atom is -0.481 e. The third kappa shape index (κ3) is 3.23. The second-order valence-electron chi connectivity index (χ2n) is 5.74. The number of rotatable bonds is 5. The van der Waals surface area contributed by atoms with Gasteiger partial charge in [-0.25, -0.2) is 4.39 Å². The van der Waals surface area contributed by atoms with Crippen LogP contribution >= 0.6 is 0 Å². The van der Waals surface area contributed by atoms with Gasteiger partial charge in [0.05, 0.1) is 11.8 Å². The summed E-state index contributed by atoms with van der Waals surface area (Å²) >= 11 is 0. The van der Waals surface area contributed by atoms with Gasteiger partial charge in [-0.2, -0.15) is 0 Å². The molecule has 0 heterocycles. The molecule has 2 rings (SSSR count). The van der Waals surface area contributed by atoms with Crippen LogP contribution < -0.4 is 5.32 Å². The molecule has 1 aliphatic carbocycles. The van der Waals surface area contributed by atoms with E-state index in [1.54, 1.807) is 25.1 Å². The van der Waals surface area contributed by atoms with Crippen LogP contribution in [0.4, 0.5) is 4.39 Å². The van der Waals surface area contributed by atoms with Gasteiger partial charge >= 0.3 is 5.97 Å². The van der Waals surface area contributed by atoms with E-state index in [4.69, 9.17) is 5.11 Å². The maximum Gasteiger partial charge on any atom is 0.305 e. The van der Waals surface area contributed by atoms with Crippen LogP contribution in [0, 0.1) is 5.82 Å². The lowest BCUT2D eigenvalue weighted by atomic mass is 9.77. The van der Waals surface area contributed by atoms with Crippen molar-refractivity contribution in [3.63, 3.8) is 0 Å². The first-order valence-electron chi connectivity index (χ1n) is 7.23. The van der Waals surface area contributed by atoms with Gasteiger partial charge in [0.1, 0.15) is 5.82 Å². The van der Waals surface area contributed by atoms with Crippen molar-refractivity contribution in [1.82, 2.24) is 5.32 Å². The van der Waals surface area contributed by atoms with Crippen molar-refractivity contribution < 1.29 is 19.1 Å². The van der Waals surface area contributed by atoms with Crippen LogP contribution in [0.2, 0.25) is 0 Å². The molecular weight excluding hydrogens is 273 g/mol. The van der Waals surface area contributed by atoms with Crippen LogP contribution in [0.15, 0.2) is 24.3 Å². The first kappa shape index (κ1) is 15.5. The average molecular weight is 293 g/mol. The number of nitrogens with one attached hydrogen (secondary N) is 1. The fourth-order valence-electron chi connectivity index (χ4n) is 3.12. The summed E-state index contributed by atoms with van der Waals surface area (Å²) in [5, 5.41) is 11.5. The van der Waals surface area contributed by atoms with E-state index in [0.717, 1.165) is 12.8 Å². The lowest BCUT2D eigenvalue weighted by Gasteiger charge is -2.30. The molecule has 1 aromatic carbocycles. The Labute approximate surface area is 123 Å². The van der Waals surface area contributed by atoms with Gasteiger partial charge in [-0.3, -0.25) is 9.59 Å². The Kier molecular flexibility index (Phi) is 4.60. The Balaban J connectivity index is 2.24. The van der Waals surface area contributed by atoms with E-state index in [-0.39, 0.29) is 18.1 Å². The number of hydrogen-bond acceptors (Lipinski definition) is 2. The van der Waals surface area contributed by atoms with Crippen LogP contribution in [0.3, 0.4) is 0 Å². The third-order valence-electron chi connectivity index (χ3n) is 4.14. The van der Waals surface area contributed by atoms with Crippen LogP contribution in [0.1, 0.15) is 44.6 Å². The molecule has 0 radical (unpaired) electrons. The zero-order valence-electron chi connectivity index (χ0n) is 12.1. The molecule has 1 unspecified atom stereocenters. The average Bonchev–Trinajstić information content (AvgIpc) is 2.88. The van der Waals surface area contributed by atoms with E-state index in [9.17, 15) is 14.0 Å². The molecule has 1 atom stereocenters. The molecule has 0 bridgehead atoms. The van der Waals surface area contributed by atoms with Crippen LogP contribution in [0.5, 0.6) is 0 Å². The van der Waals surface area contributed by atoms with Crippen molar-refractivity contribution in [3.8, 4) is 0 Å². The van der Waals surface area contributed by atoms with Crippen molar-refractivity contribution in [2.24, 2.45) is 0 Å². The molecule has 5 heteroatoms. The van der Waals surface area contributed by atoms with Crippen LogP contribution in [-0.2, 0) is 15.0 Å². The zero-order chi connectivity index (χ0) is 15.5. The lowest BCUT2D eigenvalue weighted by Crippen LogP contribution is -2.47. The van der Waals surface area contributed by atoms with E-state index >= 15 is 0 Å². The van der Waals surface area contributed by atoms with Crippen molar-refractivity contribution >= 4 is 11.9 Å². The number of halogens is 1. The molecule has 0 aromatic heterocycles. The molecule has 0 aliphatic heterocycles. The Hall–Kier alpha value is -1.91. The van der Waals surface area contributed by atoms with Gasteiger partial charge in [0.25, 0.3) is 0 Å². The molecule has 1 amide bonds. The second kappa shape index (κ2) is 6.24. The number of carbonyl (C=O) groups is 2. The monoisotopic (exact) mass is 293 g/mol. The largest absolute Gasteiger partial charge is 0.481 e. The summed E-state index contributed by atoms with van der Waals surface area (Å²) in [5.41, 5.74) is -0.444. The highest BCUT2D eigenvalue weighted by Gasteiger charge is 2.44. The summed E-state index contributed by atoms with van der Waals surface area (Å²) in [6, 6.07) is 5.88. The molecule has 0 spiro atoms. The van der Waals surface area contributed by atoms with Crippen molar-refractivity contribution in [1.29, 1.82) is 0 Å². The van der Waals surface area contributed by atoms with Crippen LogP contribution in [-0.4, -0.2) is 23.0 Å². The predicted molar refractivity (Wildman–Crippen MR) is 76.4 cm³/mol. The minimum absolute atomic E-state index is 0.140. The number of aliphatic carboxylic acids is 1. The van der Waals surface area contributed by atoms with Gasteiger partial charge in [0.2, 0.25) is 5.91 Å². The van der Waals surface area contributed by atoms with Gasteiger partial charge in [-0.15, -0.1) is 0 Å². The quantitative estimate of drug-likeness (QED) is 0.877. The highest BCUT2D eigenvalue weighted by Crippen LogP contribution is 2.42. The van der Waals surface area contributed by atoms with Crippen LogP contribution in [0.25, 0.3) is 0 Å². The number of hydrogen-bond donors (Lipinski definition) is 2. The van der Waals surface area contributed by atoms with E-state index in [0.29, 0.717) is 18.4 Å². The fourth-order valence-corrected chi connectivity index (χ4v) is 3.12. The first-order chi connectivity index (χ1) is 9.95. The summed E-state index contributed by atoms with van der Waals surface area (Å²) in [5.74, 6) is -1.60. The van der Waals surface area contributed by atoms with Gasteiger partial charge in [-0.05, 0) is 25.8 Å². The molecule has 21 heavy (non-hydrogen) atoms. The third-order valence-corrected chi connectivity index (χ3v) is 4.14. The van der Waals surface area contributed by atoms with E-state index < -0.39 is 17.4 Å². The highest BCUT2D eigenvalue weighted by molar-refractivity contribution is 5.89. The maximum atomic E-state index is 14.1. The molecule has 1 aliphatic rings. The molecule has 1 aromatic rings. The molecule has 0 saturated heterocycles. The summed E-state index contributed by atoms with van der Waals surface area (Å²) < 4.78 is 14.1. The standard InChI is InChI=1S/C16H20FNO3/c1-11(10-14(19)20)18-15(21)16(8-4-5-9-16)12-6-2-3-7-13(12)17/h2-3,6-7,11H,4-5,8-10H2,1H3,(H,18,21)(H,19,20). The molecule has 114 valence electrons. The molecule has 1 saturated carbocycles. The van der Waals surface area contributed by atoms with E-state index in [2.05, 4.69) is 5.32 Å². The normalized spacial score (nSPS) is 18.2. The van der Waals surface area contributed by atoms with Crippen molar-refractivity contribution in [2.75, 3.05) is 0 Å². The SMILES string of the molecule is CC(CC(=O)O)NC(=O)C1(c2ccccc2F)CCCC1. The minimum atomic E-state index is -0.964. The van der Waals surface area contributed by atoms with Crippen molar-refractivity contribution in [3.05, 3.63) is 35.6 Å². The van der Waals surface area contributed by atoms with E-state index in [1.165, 1.54) is 6.07 Å². The summed E-state index contributed by atoms with van der Waals surface area (Å²) in [6.07, 6.45) is 2.79. The fraction of sp³-hybridized carbons (Fsp3) is 0.500. The van der Waals surface area contributed by atoms with Gasteiger partial charge in [0, 0.05) is 11.6 Å². The Morgan fingerprint density at radius 2 is 1.95 bits per heavy atom. The number of carboxylic acid groups (broad SMARTS) is 1. The molecule has 2 N–H and O–H groups in total. The van der Waals surface area contributed by atoms with Crippen molar-refractivity contribution in [2.45, 2.75) is 50.5 Å². The Bertz CT molecular complexity index is 538. The van der Waals surface area contributed by atoms with E-state index in [1.807, 2.05) is 0 Å². The number of carboxylic acids is 1. The molecular formula is C16H20FNO3. The smallest absolute Gasteiger partial charge is 0.305 e. The topological polar surface area (TPSA) is 66.4 Å². The second-order valence-corrected chi connectivity index (χ2v) is 5.74. The molecule has 1 fully saturated rings. The highest BCUT2D eigenvalue weighted by atomic mass is 19.1. The maximum absolute atomic E-state index is 14.1. The molecule has 4 nitrogen and oxygen atoms in total. The summed E-state index contributed by atoms with van der Waals surface area (Å²) in [6.45, 7) is 1.65. The Morgan fingerprint density at radius 3 is 2.52 bits per heavy atom. The predicted octanol–water partition coefficient (Wildman–Crippen LogP) is 2.62. The summed E-state index contributed by atoms with van der Waals surface area (Å²) in [7, 11) is 0. The van der Waals surface area contributed by atoms with Gasteiger partial charge in [-0.1, -0.05) is 31.0 Å². The first-order valence-corrected chi connectivity index (χ1v) is 7.23. The number of amides is 1. The number of benzene rings is 1. The lowest BCUT2D eigenvalue weighted by molar-refractivity contribution is -0.137. The Morgan fingerprint density at radius 1 is 1.33 bits per heavy atom. The van der Waals surface area contributed by atoms with Gasteiger partial charge < -0.3 is 10.4 Å². The van der Waals surface area contributed by atoms with Gasteiger partial charge in [0.15, 0.2) is 0 Å². The summed E-state index contributed by atoms with van der Waals surface area (Å²) in [4.78, 5) is 23.3.